The van der Waals surface area contributed by atoms with Gasteiger partial charge in [0, 0.05) is 11.1 Å². The van der Waals surface area contributed by atoms with E-state index in [9.17, 15) is 20.4 Å². The van der Waals surface area contributed by atoms with Crippen LogP contribution >= 0.6 is 15.9 Å². The topological polar surface area (TPSA) is 136 Å². The van der Waals surface area contributed by atoms with Crippen LogP contribution in [-0.4, -0.2) is 18.4 Å². The van der Waals surface area contributed by atoms with Gasteiger partial charge in [0.15, 0.2) is 0 Å². The predicted molar refractivity (Wildman–Crippen MR) is 114 cm³/mol. The van der Waals surface area contributed by atoms with E-state index in [0.717, 1.165) is 0 Å². The average Bonchev–Trinajstić information content (AvgIpc) is 2.56. The summed E-state index contributed by atoms with van der Waals surface area (Å²) in [6.07, 6.45) is 0. The smallest absolute Gasteiger partial charge is 0.268 e. The standard InChI is InChI=1S/C19H21BrN4O3Si/c1-19(2,3)28(4,5)27-13-7-6-12(25)15(16(13)20)14-10(8-21)17(23)24-18(26)11(14)9-22/h6-7,25H,1-5H3,(H3,23,24,26). The molecular formula is C19H21BrN4O3Si. The number of hydrogen-bond donors (Lipinski definition) is 3. The molecule has 0 saturated heterocycles. The number of phenolic OH excluding ortho intramolecular Hbond substituents is 1. The number of rotatable bonds is 3. The van der Waals surface area contributed by atoms with Crippen LogP contribution in [0.2, 0.25) is 18.1 Å². The number of nitrogens with two attached hydrogens (primary N) is 1. The van der Waals surface area contributed by atoms with Crippen LogP contribution in [0.1, 0.15) is 31.9 Å². The van der Waals surface area contributed by atoms with Gasteiger partial charge >= 0.3 is 0 Å². The molecule has 0 atom stereocenters. The Morgan fingerprint density at radius 1 is 1.18 bits per heavy atom. The molecule has 0 aliphatic carbocycles. The highest BCUT2D eigenvalue weighted by Crippen LogP contribution is 2.46. The lowest BCUT2D eigenvalue weighted by Gasteiger charge is -2.37. The molecule has 2 aromatic rings. The molecule has 1 aromatic carbocycles. The lowest BCUT2D eigenvalue weighted by Crippen LogP contribution is -2.43. The zero-order valence-corrected chi connectivity index (χ0v) is 18.9. The van der Waals surface area contributed by atoms with E-state index in [4.69, 9.17) is 10.2 Å². The summed E-state index contributed by atoms with van der Waals surface area (Å²) in [6.45, 7) is 10.4. The number of pyridine rings is 1. The van der Waals surface area contributed by atoms with E-state index in [2.05, 4.69) is 54.8 Å². The molecule has 0 aliphatic heterocycles. The molecule has 0 fully saturated rings. The van der Waals surface area contributed by atoms with Crippen LogP contribution in [-0.2, 0) is 0 Å². The van der Waals surface area contributed by atoms with Crippen LogP contribution < -0.4 is 15.7 Å². The van der Waals surface area contributed by atoms with Gasteiger partial charge in [-0.2, -0.15) is 10.5 Å². The summed E-state index contributed by atoms with van der Waals surface area (Å²) in [5.41, 5.74) is 4.71. The molecule has 7 nitrogen and oxygen atoms in total. The molecule has 0 bridgehead atoms. The third kappa shape index (κ3) is 3.64. The molecule has 0 radical (unpaired) electrons. The number of nitrogen functional groups attached to an aromatic ring is 1. The first-order valence-corrected chi connectivity index (χ1v) is 12.1. The maximum Gasteiger partial charge on any atom is 0.268 e. The molecule has 0 amide bonds. The van der Waals surface area contributed by atoms with Gasteiger partial charge in [0.25, 0.3) is 13.9 Å². The number of phenols is 1. The SMILES string of the molecule is CC(C)(C)[Si](C)(C)Oc1ccc(O)c(-c2c(C#N)c(N)[nH]c(=O)c2C#N)c1Br. The second kappa shape index (κ2) is 7.34. The Morgan fingerprint density at radius 2 is 1.75 bits per heavy atom. The van der Waals surface area contributed by atoms with Crippen LogP contribution in [0.5, 0.6) is 11.5 Å². The van der Waals surface area contributed by atoms with E-state index in [1.165, 1.54) is 6.07 Å². The van der Waals surface area contributed by atoms with Gasteiger partial charge in [-0.3, -0.25) is 4.79 Å². The Balaban J connectivity index is 2.86. The van der Waals surface area contributed by atoms with Crippen molar-refractivity contribution in [1.82, 2.24) is 4.98 Å². The molecule has 9 heteroatoms. The molecule has 4 N–H and O–H groups in total. The van der Waals surface area contributed by atoms with Gasteiger partial charge in [-0.15, -0.1) is 0 Å². The summed E-state index contributed by atoms with van der Waals surface area (Å²) >= 11 is 3.43. The number of nitriles is 2. The summed E-state index contributed by atoms with van der Waals surface area (Å²) in [6, 6.07) is 6.71. The van der Waals surface area contributed by atoms with E-state index < -0.39 is 13.9 Å². The third-order valence-electron chi connectivity index (χ3n) is 4.97. The molecule has 146 valence electrons. The van der Waals surface area contributed by atoms with Crippen molar-refractivity contribution in [2.45, 2.75) is 38.9 Å². The number of hydrogen-bond acceptors (Lipinski definition) is 6. The summed E-state index contributed by atoms with van der Waals surface area (Å²) in [5.74, 6) is 0.0574. The number of aromatic amines is 1. The minimum absolute atomic E-state index is 0.0312. The van der Waals surface area contributed by atoms with Crippen molar-refractivity contribution in [3.8, 4) is 34.8 Å². The summed E-state index contributed by atoms with van der Waals surface area (Å²) in [5, 5.41) is 29.4. The zero-order chi connectivity index (χ0) is 21.4. The first-order chi connectivity index (χ1) is 12.9. The Bertz CT molecular complexity index is 1090. The second-order valence-corrected chi connectivity index (χ2v) is 13.4. The van der Waals surface area contributed by atoms with Crippen LogP contribution in [0, 0.1) is 22.7 Å². The van der Waals surface area contributed by atoms with Crippen LogP contribution in [0.3, 0.4) is 0 Å². The Hall–Kier alpha value is -2.75. The normalized spacial score (nSPS) is 11.6. The molecule has 0 saturated carbocycles. The van der Waals surface area contributed by atoms with E-state index in [0.29, 0.717) is 10.2 Å². The monoisotopic (exact) mass is 460 g/mol. The number of anilines is 1. The number of H-pyrrole nitrogens is 1. The minimum Gasteiger partial charge on any atom is -0.543 e. The molecular weight excluding hydrogens is 440 g/mol. The number of nitrogens with zero attached hydrogens (tertiary/aromatic N) is 2. The maximum absolute atomic E-state index is 12.2. The van der Waals surface area contributed by atoms with Gasteiger partial charge in [-0.05, 0) is 46.2 Å². The quantitative estimate of drug-likeness (QED) is 0.586. The fourth-order valence-corrected chi connectivity index (χ4v) is 4.17. The van der Waals surface area contributed by atoms with Crippen molar-refractivity contribution in [2.24, 2.45) is 0 Å². The molecule has 28 heavy (non-hydrogen) atoms. The van der Waals surface area contributed by atoms with E-state index >= 15 is 0 Å². The van der Waals surface area contributed by atoms with Gasteiger partial charge in [0.1, 0.15) is 40.6 Å². The lowest BCUT2D eigenvalue weighted by atomic mass is 9.95. The van der Waals surface area contributed by atoms with E-state index in [-0.39, 0.29) is 38.9 Å². The lowest BCUT2D eigenvalue weighted by molar-refractivity contribution is 0.469. The van der Waals surface area contributed by atoms with Crippen LogP contribution in [0.4, 0.5) is 5.82 Å². The fraction of sp³-hybridized carbons (Fsp3) is 0.316. The Labute approximate surface area is 172 Å². The first-order valence-electron chi connectivity index (χ1n) is 8.42. The van der Waals surface area contributed by atoms with Gasteiger partial charge in [-0.25, -0.2) is 0 Å². The van der Waals surface area contributed by atoms with Crippen molar-refractivity contribution in [3.63, 3.8) is 0 Å². The number of nitrogens with one attached hydrogen (secondary N) is 1. The Morgan fingerprint density at radius 3 is 2.25 bits per heavy atom. The maximum atomic E-state index is 12.2. The molecule has 1 heterocycles. The largest absolute Gasteiger partial charge is 0.543 e. The molecule has 0 unspecified atom stereocenters. The van der Waals surface area contributed by atoms with Gasteiger partial charge in [0.05, 0.1) is 4.47 Å². The number of halogens is 1. The van der Waals surface area contributed by atoms with Crippen molar-refractivity contribution in [2.75, 3.05) is 5.73 Å². The van der Waals surface area contributed by atoms with Gasteiger partial charge in [-0.1, -0.05) is 20.8 Å². The fourth-order valence-electron chi connectivity index (χ4n) is 2.38. The first kappa shape index (κ1) is 21.5. The molecule has 0 spiro atoms. The zero-order valence-electron chi connectivity index (χ0n) is 16.3. The number of benzene rings is 1. The predicted octanol–water partition coefficient (Wildman–Crippen LogP) is 4.22. The highest BCUT2D eigenvalue weighted by atomic mass is 79.9. The highest BCUT2D eigenvalue weighted by molar-refractivity contribution is 9.10. The van der Waals surface area contributed by atoms with E-state index in [1.807, 2.05) is 6.07 Å². The molecule has 2 rings (SSSR count). The van der Waals surface area contributed by atoms with Crippen molar-refractivity contribution in [3.05, 3.63) is 38.1 Å². The second-order valence-electron chi connectivity index (χ2n) is 7.85. The minimum atomic E-state index is -2.22. The van der Waals surface area contributed by atoms with Gasteiger partial charge in [0.2, 0.25) is 0 Å². The molecule has 1 aromatic heterocycles. The third-order valence-corrected chi connectivity index (χ3v) is 10.1. The summed E-state index contributed by atoms with van der Waals surface area (Å²) < 4.78 is 6.66. The van der Waals surface area contributed by atoms with E-state index in [1.54, 1.807) is 12.1 Å². The van der Waals surface area contributed by atoms with Crippen molar-refractivity contribution < 1.29 is 9.53 Å². The number of aromatic nitrogens is 1. The summed E-state index contributed by atoms with van der Waals surface area (Å²) in [7, 11) is -2.22. The van der Waals surface area contributed by atoms with Crippen LogP contribution in [0.15, 0.2) is 21.4 Å². The average molecular weight is 461 g/mol. The van der Waals surface area contributed by atoms with Crippen LogP contribution in [0.25, 0.3) is 11.1 Å². The molecule has 0 aliphatic rings. The highest BCUT2D eigenvalue weighted by Gasteiger charge is 2.39. The van der Waals surface area contributed by atoms with Gasteiger partial charge < -0.3 is 20.3 Å². The Kier molecular flexibility index (Phi) is 5.65. The van der Waals surface area contributed by atoms with Crippen molar-refractivity contribution in [1.29, 1.82) is 10.5 Å². The van der Waals surface area contributed by atoms with Crippen molar-refractivity contribution >= 4 is 30.1 Å². The summed E-state index contributed by atoms with van der Waals surface area (Å²) in [4.78, 5) is 14.5. The number of aromatic hydroxyl groups is 1.